The zero-order chi connectivity index (χ0) is 19.0. The summed E-state index contributed by atoms with van der Waals surface area (Å²) < 4.78 is 26.6. The van der Waals surface area contributed by atoms with E-state index >= 15 is 0 Å². The summed E-state index contributed by atoms with van der Waals surface area (Å²) in [5, 5.41) is 3.01. The van der Waals surface area contributed by atoms with Gasteiger partial charge in [0.05, 0.1) is 4.90 Å². The molecule has 6 nitrogen and oxygen atoms in total. The zero-order valence-electron chi connectivity index (χ0n) is 15.7. The highest BCUT2D eigenvalue weighted by molar-refractivity contribution is 7.90. The maximum Gasteiger partial charge on any atom is 0.263 e. The van der Waals surface area contributed by atoms with Gasteiger partial charge < -0.3 is 5.32 Å². The van der Waals surface area contributed by atoms with E-state index in [9.17, 15) is 13.2 Å². The lowest BCUT2D eigenvalue weighted by atomic mass is 9.81. The van der Waals surface area contributed by atoms with Gasteiger partial charge in [-0.2, -0.15) is 0 Å². The minimum atomic E-state index is -3.60. The van der Waals surface area contributed by atoms with Gasteiger partial charge in [-0.15, -0.1) is 0 Å². The lowest BCUT2D eigenvalue weighted by Gasteiger charge is -2.33. The Balaban J connectivity index is 2.18. The first-order chi connectivity index (χ1) is 11.3. The second-order valence-electron chi connectivity index (χ2n) is 8.37. The summed E-state index contributed by atoms with van der Waals surface area (Å²) >= 11 is 0. The van der Waals surface area contributed by atoms with Crippen molar-refractivity contribution in [1.29, 1.82) is 0 Å². The predicted octanol–water partition coefficient (Wildman–Crippen LogP) is 2.44. The number of rotatable bonds is 4. The van der Waals surface area contributed by atoms with Crippen LogP contribution in [0.3, 0.4) is 0 Å². The summed E-state index contributed by atoms with van der Waals surface area (Å²) in [5.74, 6) is -0.0165. The van der Waals surface area contributed by atoms with Gasteiger partial charge in [0.25, 0.3) is 10.0 Å². The first-order valence-corrected chi connectivity index (χ1v) is 9.81. The van der Waals surface area contributed by atoms with Crippen LogP contribution in [0.25, 0.3) is 0 Å². The molecule has 1 heterocycles. The highest BCUT2D eigenvalue weighted by Gasteiger charge is 2.32. The third-order valence-corrected chi connectivity index (χ3v) is 5.20. The Labute approximate surface area is 150 Å². The Kier molecular flexibility index (Phi) is 5.01. The Morgan fingerprint density at radius 1 is 1.20 bits per heavy atom. The van der Waals surface area contributed by atoms with Crippen LogP contribution in [0.4, 0.5) is 0 Å². The summed E-state index contributed by atoms with van der Waals surface area (Å²) in [6.45, 7) is 12.0. The number of hydrogen-bond acceptors (Lipinski definition) is 4. The summed E-state index contributed by atoms with van der Waals surface area (Å²) in [6.07, 6.45) is 0.810. The van der Waals surface area contributed by atoms with E-state index in [1.807, 2.05) is 13.8 Å². The van der Waals surface area contributed by atoms with Crippen LogP contribution in [-0.2, 0) is 14.8 Å². The molecule has 0 unspecified atom stereocenters. The monoisotopic (exact) mass is 365 g/mol. The van der Waals surface area contributed by atoms with Crippen LogP contribution in [0.1, 0.15) is 53.5 Å². The highest BCUT2D eigenvalue weighted by atomic mass is 32.2. The van der Waals surface area contributed by atoms with Gasteiger partial charge in [0.1, 0.15) is 11.9 Å². The van der Waals surface area contributed by atoms with Gasteiger partial charge in [0.15, 0.2) is 0 Å². The van der Waals surface area contributed by atoms with Gasteiger partial charge in [-0.25, -0.2) is 8.42 Å². The Morgan fingerprint density at radius 2 is 1.80 bits per heavy atom. The van der Waals surface area contributed by atoms with Gasteiger partial charge in [0, 0.05) is 11.1 Å². The first kappa shape index (κ1) is 19.4. The number of carbonyl (C=O) groups is 1. The molecule has 1 atom stereocenters. The molecule has 0 aromatic heterocycles. The molecule has 0 spiro atoms. The van der Waals surface area contributed by atoms with E-state index < -0.39 is 16.1 Å². The third-order valence-electron chi connectivity index (χ3n) is 3.80. The molecule has 0 saturated carbocycles. The maximum atomic E-state index is 12.5. The van der Waals surface area contributed by atoms with E-state index in [1.54, 1.807) is 25.1 Å². The number of amides is 1. The van der Waals surface area contributed by atoms with Gasteiger partial charge >= 0.3 is 0 Å². The molecular weight excluding hydrogens is 338 g/mol. The lowest BCUT2D eigenvalue weighted by molar-refractivity contribution is -0.123. The van der Waals surface area contributed by atoms with Crippen molar-refractivity contribution in [3.05, 3.63) is 29.8 Å². The van der Waals surface area contributed by atoms with E-state index in [1.165, 1.54) is 6.07 Å². The minimum absolute atomic E-state index is 0.0753. The zero-order valence-corrected chi connectivity index (χ0v) is 16.5. The summed E-state index contributed by atoms with van der Waals surface area (Å²) in [7, 11) is -3.60. The topological polar surface area (TPSA) is 87.6 Å². The molecule has 2 rings (SSSR count). The van der Waals surface area contributed by atoms with Crippen molar-refractivity contribution in [2.75, 3.05) is 0 Å². The highest BCUT2D eigenvalue weighted by Crippen LogP contribution is 2.27. The van der Waals surface area contributed by atoms with E-state index in [4.69, 9.17) is 0 Å². The molecule has 2 N–H and O–H groups in total. The van der Waals surface area contributed by atoms with Crippen LogP contribution in [0.2, 0.25) is 0 Å². The van der Waals surface area contributed by atoms with Crippen LogP contribution < -0.4 is 10.0 Å². The van der Waals surface area contributed by atoms with E-state index in [0.717, 1.165) is 6.42 Å². The fourth-order valence-corrected chi connectivity index (χ4v) is 4.53. The average molecular weight is 365 g/mol. The largest absolute Gasteiger partial charge is 0.349 e. The second-order valence-corrected chi connectivity index (χ2v) is 10.0. The van der Waals surface area contributed by atoms with Crippen LogP contribution >= 0.6 is 0 Å². The van der Waals surface area contributed by atoms with Crippen LogP contribution in [0.5, 0.6) is 0 Å². The molecule has 0 bridgehead atoms. The standard InChI is InChI=1S/C18H27N3O3S/c1-12(16(22)20-18(5,6)11-17(2,3)4)19-15-13-9-7-8-10-14(13)25(23,24)21-15/h7-10,12H,11H2,1-6H3,(H,19,21)(H,20,22)/t12-/m0/s1. The predicted molar refractivity (Wildman–Crippen MR) is 99.1 cm³/mol. The number of fused-ring (bicyclic) bond motifs is 1. The molecule has 1 aromatic carbocycles. The van der Waals surface area contributed by atoms with Gasteiger partial charge in [0.2, 0.25) is 5.91 Å². The molecule has 25 heavy (non-hydrogen) atoms. The molecule has 7 heteroatoms. The third kappa shape index (κ3) is 4.81. The molecule has 0 saturated heterocycles. The smallest absolute Gasteiger partial charge is 0.263 e. The number of carbonyl (C=O) groups excluding carboxylic acids is 1. The van der Waals surface area contributed by atoms with Crippen molar-refractivity contribution in [1.82, 2.24) is 10.0 Å². The van der Waals surface area contributed by atoms with Crippen molar-refractivity contribution < 1.29 is 13.2 Å². The second kappa shape index (κ2) is 6.44. The van der Waals surface area contributed by atoms with Crippen molar-refractivity contribution in [2.45, 2.75) is 64.4 Å². The lowest BCUT2D eigenvalue weighted by Crippen LogP contribution is -2.49. The van der Waals surface area contributed by atoms with Crippen molar-refractivity contribution >= 4 is 21.8 Å². The normalized spacial score (nSPS) is 19.2. The molecule has 138 valence electrons. The Bertz CT molecular complexity index is 805. The van der Waals surface area contributed by atoms with Crippen LogP contribution in [-0.4, -0.2) is 31.7 Å². The number of hydrogen-bond donors (Lipinski definition) is 2. The average Bonchev–Trinajstić information content (AvgIpc) is 2.67. The summed E-state index contributed by atoms with van der Waals surface area (Å²) in [4.78, 5) is 17.0. The fourth-order valence-electron chi connectivity index (χ4n) is 3.29. The number of aliphatic imine (C=N–C) groups is 1. The summed E-state index contributed by atoms with van der Waals surface area (Å²) in [5.41, 5.74) is 0.194. The van der Waals surface area contributed by atoms with E-state index in [-0.39, 0.29) is 27.6 Å². The molecule has 1 aliphatic heterocycles. The molecule has 1 aromatic rings. The molecule has 0 fully saturated rings. The maximum absolute atomic E-state index is 12.5. The first-order valence-electron chi connectivity index (χ1n) is 8.33. The van der Waals surface area contributed by atoms with Gasteiger partial charge in [-0.1, -0.05) is 32.9 Å². The van der Waals surface area contributed by atoms with Gasteiger partial charge in [-0.05, 0) is 44.7 Å². The van der Waals surface area contributed by atoms with Crippen molar-refractivity contribution in [3.63, 3.8) is 0 Å². The molecule has 0 aliphatic carbocycles. The Morgan fingerprint density at radius 3 is 2.40 bits per heavy atom. The quantitative estimate of drug-likeness (QED) is 0.859. The summed E-state index contributed by atoms with van der Waals surface area (Å²) in [6, 6.07) is 5.90. The van der Waals surface area contributed by atoms with E-state index in [2.05, 4.69) is 35.8 Å². The Hall–Kier alpha value is -1.89. The number of nitrogens with zero attached hydrogens (tertiary/aromatic N) is 1. The van der Waals surface area contributed by atoms with Crippen LogP contribution in [0, 0.1) is 5.41 Å². The molecule has 0 radical (unpaired) electrons. The van der Waals surface area contributed by atoms with Crippen molar-refractivity contribution in [2.24, 2.45) is 10.4 Å². The molecular formula is C18H27N3O3S. The number of amidine groups is 1. The van der Waals surface area contributed by atoms with Crippen molar-refractivity contribution in [3.8, 4) is 0 Å². The number of sulfonamides is 1. The molecule has 1 aliphatic rings. The van der Waals surface area contributed by atoms with Gasteiger partial charge in [-0.3, -0.25) is 14.5 Å². The number of nitrogens with one attached hydrogen (secondary N) is 2. The van der Waals surface area contributed by atoms with Crippen LogP contribution in [0.15, 0.2) is 34.2 Å². The van der Waals surface area contributed by atoms with E-state index in [0.29, 0.717) is 5.56 Å². The minimum Gasteiger partial charge on any atom is -0.349 e. The fraction of sp³-hybridized carbons (Fsp3) is 0.556. The SMILES string of the molecule is C[C@H](N=C1NS(=O)(=O)c2ccccc21)C(=O)NC(C)(C)CC(C)(C)C. The number of benzene rings is 1. The molecule has 1 amide bonds.